The van der Waals surface area contributed by atoms with Crippen LogP contribution in [-0.2, 0) is 11.3 Å². The van der Waals surface area contributed by atoms with E-state index in [1.165, 1.54) is 0 Å². The molecule has 4 nitrogen and oxygen atoms in total. The molecule has 0 saturated heterocycles. The highest BCUT2D eigenvalue weighted by molar-refractivity contribution is 5.44. The second-order valence-electron chi connectivity index (χ2n) is 5.06. The molecule has 1 fully saturated rings. The third kappa shape index (κ3) is 2.66. The van der Waals surface area contributed by atoms with Crippen molar-refractivity contribution >= 4 is 0 Å². The molecule has 100 valence electrons. The lowest BCUT2D eigenvalue weighted by molar-refractivity contribution is -0.00495. The average molecular weight is 259 g/mol. The minimum Gasteiger partial charge on any atom is -0.454 e. The van der Waals surface area contributed by atoms with Crippen molar-refractivity contribution in [2.75, 3.05) is 6.79 Å². The molecule has 0 bridgehead atoms. The van der Waals surface area contributed by atoms with Gasteiger partial charge in [-0.15, -0.1) is 0 Å². The zero-order valence-electron chi connectivity index (χ0n) is 10.8. The highest BCUT2D eigenvalue weighted by atomic mass is 16.7. The first-order valence-electron chi connectivity index (χ1n) is 6.76. The predicted octanol–water partition coefficient (Wildman–Crippen LogP) is 3.01. The maximum absolute atomic E-state index is 9.12. The Labute approximate surface area is 112 Å². The second kappa shape index (κ2) is 5.50. The molecular weight excluding hydrogens is 242 g/mol. The van der Waals surface area contributed by atoms with E-state index in [-0.39, 0.29) is 12.0 Å². The lowest BCUT2D eigenvalue weighted by atomic mass is 9.87. The van der Waals surface area contributed by atoms with Gasteiger partial charge < -0.3 is 14.2 Å². The summed E-state index contributed by atoms with van der Waals surface area (Å²) in [5, 5.41) is 9.12. The smallest absolute Gasteiger partial charge is 0.231 e. The van der Waals surface area contributed by atoms with Gasteiger partial charge in [0, 0.05) is 0 Å². The van der Waals surface area contributed by atoms with Crippen molar-refractivity contribution in [3.63, 3.8) is 0 Å². The zero-order chi connectivity index (χ0) is 13.1. The summed E-state index contributed by atoms with van der Waals surface area (Å²) in [6, 6.07) is 8.20. The van der Waals surface area contributed by atoms with Crippen LogP contribution in [0.4, 0.5) is 0 Å². The monoisotopic (exact) mass is 259 g/mol. The van der Waals surface area contributed by atoms with Crippen molar-refractivity contribution in [3.05, 3.63) is 23.8 Å². The van der Waals surface area contributed by atoms with Crippen LogP contribution in [0.3, 0.4) is 0 Å². The molecule has 1 aromatic carbocycles. The maximum Gasteiger partial charge on any atom is 0.231 e. The van der Waals surface area contributed by atoms with E-state index in [1.807, 2.05) is 18.2 Å². The van der Waals surface area contributed by atoms with Crippen LogP contribution in [0, 0.1) is 17.2 Å². The normalized spacial score (nSPS) is 25.0. The molecule has 0 N–H and O–H groups in total. The van der Waals surface area contributed by atoms with Gasteiger partial charge in [0.05, 0.1) is 24.7 Å². The van der Waals surface area contributed by atoms with Crippen molar-refractivity contribution in [2.24, 2.45) is 5.92 Å². The lowest BCUT2D eigenvalue weighted by Gasteiger charge is -2.26. The largest absolute Gasteiger partial charge is 0.454 e. The lowest BCUT2D eigenvalue weighted by Crippen LogP contribution is -2.26. The summed E-state index contributed by atoms with van der Waals surface area (Å²) in [6.45, 7) is 0.818. The topological polar surface area (TPSA) is 51.5 Å². The average Bonchev–Trinajstić information content (AvgIpc) is 2.93. The highest BCUT2D eigenvalue weighted by Gasteiger charge is 2.25. The number of hydrogen-bond donors (Lipinski definition) is 0. The first-order valence-corrected chi connectivity index (χ1v) is 6.76. The van der Waals surface area contributed by atoms with E-state index in [0.717, 1.165) is 42.7 Å². The maximum atomic E-state index is 9.12. The predicted molar refractivity (Wildman–Crippen MR) is 68.7 cm³/mol. The fourth-order valence-corrected chi connectivity index (χ4v) is 2.68. The standard InChI is InChI=1S/C15H17NO3/c16-8-12-3-1-2-4-13(12)17-9-11-5-6-14-15(7-11)19-10-18-14/h5-7,12-13H,1-4,9-10H2. The zero-order valence-corrected chi connectivity index (χ0v) is 10.8. The molecule has 2 aliphatic rings. The molecular formula is C15H17NO3. The Kier molecular flexibility index (Phi) is 3.56. The van der Waals surface area contributed by atoms with Gasteiger partial charge in [-0.05, 0) is 30.5 Å². The van der Waals surface area contributed by atoms with Gasteiger partial charge in [0.25, 0.3) is 0 Å². The number of benzene rings is 1. The van der Waals surface area contributed by atoms with Crippen molar-refractivity contribution < 1.29 is 14.2 Å². The third-order valence-electron chi connectivity index (χ3n) is 3.77. The number of nitriles is 1. The van der Waals surface area contributed by atoms with Crippen LogP contribution < -0.4 is 9.47 Å². The van der Waals surface area contributed by atoms with Gasteiger partial charge in [0.1, 0.15) is 0 Å². The molecule has 0 amide bonds. The second-order valence-corrected chi connectivity index (χ2v) is 5.06. The van der Waals surface area contributed by atoms with E-state index in [2.05, 4.69) is 6.07 Å². The summed E-state index contributed by atoms with van der Waals surface area (Å²) in [5.74, 6) is 1.61. The summed E-state index contributed by atoms with van der Waals surface area (Å²) in [6.07, 6.45) is 4.32. The molecule has 1 aromatic rings. The molecule has 1 heterocycles. The van der Waals surface area contributed by atoms with Crippen molar-refractivity contribution in [1.82, 2.24) is 0 Å². The first kappa shape index (κ1) is 12.3. The summed E-state index contributed by atoms with van der Waals surface area (Å²) in [5.41, 5.74) is 1.06. The Morgan fingerprint density at radius 1 is 1.21 bits per heavy atom. The Morgan fingerprint density at radius 2 is 2.05 bits per heavy atom. The van der Waals surface area contributed by atoms with Crippen LogP contribution in [0.2, 0.25) is 0 Å². The Morgan fingerprint density at radius 3 is 2.95 bits per heavy atom. The van der Waals surface area contributed by atoms with Gasteiger partial charge in [0.15, 0.2) is 11.5 Å². The van der Waals surface area contributed by atoms with Crippen LogP contribution in [0.25, 0.3) is 0 Å². The molecule has 3 rings (SSSR count). The molecule has 0 spiro atoms. The molecule has 0 aromatic heterocycles. The third-order valence-corrected chi connectivity index (χ3v) is 3.77. The summed E-state index contributed by atoms with van der Waals surface area (Å²) in [7, 11) is 0. The van der Waals surface area contributed by atoms with Crippen LogP contribution in [0.15, 0.2) is 18.2 Å². The molecule has 0 radical (unpaired) electrons. The molecule has 19 heavy (non-hydrogen) atoms. The quantitative estimate of drug-likeness (QED) is 0.837. The highest BCUT2D eigenvalue weighted by Crippen LogP contribution is 2.33. The SMILES string of the molecule is N#CC1CCCCC1OCc1ccc2c(c1)OCO2. The molecule has 1 aliphatic carbocycles. The van der Waals surface area contributed by atoms with Gasteiger partial charge in [-0.3, -0.25) is 0 Å². The number of hydrogen-bond acceptors (Lipinski definition) is 4. The van der Waals surface area contributed by atoms with Gasteiger partial charge in [-0.2, -0.15) is 5.26 Å². The summed E-state index contributed by atoms with van der Waals surface area (Å²) < 4.78 is 16.5. The van der Waals surface area contributed by atoms with E-state index in [9.17, 15) is 0 Å². The van der Waals surface area contributed by atoms with Gasteiger partial charge in [0.2, 0.25) is 6.79 Å². The fraction of sp³-hybridized carbons (Fsp3) is 0.533. The number of rotatable bonds is 3. The minimum absolute atomic E-state index is 0.0442. The summed E-state index contributed by atoms with van der Waals surface area (Å²) in [4.78, 5) is 0. The molecule has 1 saturated carbocycles. The first-order chi connectivity index (χ1) is 9.36. The molecule has 2 unspecified atom stereocenters. The Hall–Kier alpha value is -1.73. The number of fused-ring (bicyclic) bond motifs is 1. The van der Waals surface area contributed by atoms with E-state index in [4.69, 9.17) is 19.5 Å². The van der Waals surface area contributed by atoms with E-state index >= 15 is 0 Å². The number of ether oxygens (including phenoxy) is 3. The molecule has 4 heteroatoms. The van der Waals surface area contributed by atoms with Gasteiger partial charge in [-0.25, -0.2) is 0 Å². The van der Waals surface area contributed by atoms with Crippen LogP contribution in [-0.4, -0.2) is 12.9 Å². The van der Waals surface area contributed by atoms with Crippen molar-refractivity contribution in [2.45, 2.75) is 38.4 Å². The molecule has 1 aliphatic heterocycles. The van der Waals surface area contributed by atoms with Crippen LogP contribution in [0.1, 0.15) is 31.2 Å². The fourth-order valence-electron chi connectivity index (χ4n) is 2.68. The Bertz CT molecular complexity index is 495. The van der Waals surface area contributed by atoms with Crippen LogP contribution in [0.5, 0.6) is 11.5 Å². The van der Waals surface area contributed by atoms with E-state index in [0.29, 0.717) is 13.4 Å². The van der Waals surface area contributed by atoms with Crippen molar-refractivity contribution in [3.8, 4) is 17.6 Å². The van der Waals surface area contributed by atoms with E-state index in [1.54, 1.807) is 0 Å². The van der Waals surface area contributed by atoms with Crippen LogP contribution >= 0.6 is 0 Å². The van der Waals surface area contributed by atoms with Gasteiger partial charge >= 0.3 is 0 Å². The Balaban J connectivity index is 1.61. The van der Waals surface area contributed by atoms with Gasteiger partial charge in [-0.1, -0.05) is 18.9 Å². The van der Waals surface area contributed by atoms with Crippen molar-refractivity contribution in [1.29, 1.82) is 5.26 Å². The minimum atomic E-state index is 0.0442. The molecule has 2 atom stereocenters. The van der Waals surface area contributed by atoms with E-state index < -0.39 is 0 Å². The number of nitrogens with zero attached hydrogens (tertiary/aromatic N) is 1. The summed E-state index contributed by atoms with van der Waals surface area (Å²) >= 11 is 0.